The molecule has 3 rings (SSSR count). The van der Waals surface area contributed by atoms with E-state index in [1.54, 1.807) is 0 Å². The molecule has 2 aromatic carbocycles. The molecule has 88 valence electrons. The van der Waals surface area contributed by atoms with Gasteiger partial charge in [-0.15, -0.1) is 0 Å². The molecule has 3 aromatic rings. The van der Waals surface area contributed by atoms with Crippen molar-refractivity contribution in [3.63, 3.8) is 0 Å². The second kappa shape index (κ2) is 4.63. The first-order chi connectivity index (χ1) is 8.86. The van der Waals surface area contributed by atoms with Gasteiger partial charge in [-0.25, -0.2) is 0 Å². The van der Waals surface area contributed by atoms with Gasteiger partial charge < -0.3 is 5.73 Å². The molecular weight excluding hydrogens is 240 g/mol. The fourth-order valence-corrected chi connectivity index (χ4v) is 2.81. The molecule has 0 atom stereocenters. The van der Waals surface area contributed by atoms with Crippen LogP contribution in [0.3, 0.4) is 0 Å². The highest BCUT2D eigenvalue weighted by molar-refractivity contribution is 7.10. The average Bonchev–Trinajstić information content (AvgIpc) is 2.83. The van der Waals surface area contributed by atoms with Gasteiger partial charge in [-0.2, -0.15) is 4.37 Å². The number of anilines is 1. The van der Waals surface area contributed by atoms with Gasteiger partial charge in [0.2, 0.25) is 0 Å². The van der Waals surface area contributed by atoms with Crippen molar-refractivity contribution < 1.29 is 0 Å². The van der Waals surface area contributed by atoms with Gasteiger partial charge in [-0.1, -0.05) is 60.7 Å². The first-order valence-corrected chi connectivity index (χ1v) is 6.49. The van der Waals surface area contributed by atoms with E-state index in [9.17, 15) is 0 Å². The molecule has 1 heterocycles. The lowest BCUT2D eigenvalue weighted by Gasteiger charge is -2.04. The Morgan fingerprint density at radius 2 is 1.33 bits per heavy atom. The largest absolute Gasteiger partial charge is 0.382 e. The van der Waals surface area contributed by atoms with E-state index in [2.05, 4.69) is 28.6 Å². The maximum atomic E-state index is 6.01. The molecule has 2 N–H and O–H groups in total. The summed E-state index contributed by atoms with van der Waals surface area (Å²) in [5.74, 6) is 0.602. The molecule has 1 aromatic heterocycles. The number of hydrogen-bond donors (Lipinski definition) is 1. The van der Waals surface area contributed by atoms with Gasteiger partial charge in [0.1, 0.15) is 5.82 Å². The van der Waals surface area contributed by atoms with Crippen molar-refractivity contribution in [2.24, 2.45) is 0 Å². The summed E-state index contributed by atoms with van der Waals surface area (Å²) in [6.45, 7) is 0. The Kier molecular flexibility index (Phi) is 2.82. The van der Waals surface area contributed by atoms with E-state index >= 15 is 0 Å². The third-order valence-electron chi connectivity index (χ3n) is 2.82. The Morgan fingerprint density at radius 1 is 0.778 bits per heavy atom. The van der Waals surface area contributed by atoms with E-state index in [-0.39, 0.29) is 0 Å². The topological polar surface area (TPSA) is 38.9 Å². The second-order valence-corrected chi connectivity index (χ2v) is 4.78. The van der Waals surface area contributed by atoms with E-state index in [0.717, 1.165) is 21.6 Å². The molecule has 0 aliphatic carbocycles. The number of nitrogens with two attached hydrogens (primary N) is 1. The van der Waals surface area contributed by atoms with E-state index in [1.807, 2.05) is 36.4 Å². The van der Waals surface area contributed by atoms with Crippen molar-refractivity contribution in [2.45, 2.75) is 0 Å². The van der Waals surface area contributed by atoms with E-state index in [4.69, 9.17) is 5.73 Å². The minimum atomic E-state index is 0.602. The summed E-state index contributed by atoms with van der Waals surface area (Å²) < 4.78 is 4.29. The zero-order valence-electron chi connectivity index (χ0n) is 9.71. The summed E-state index contributed by atoms with van der Waals surface area (Å²) in [6, 6.07) is 20.4. The van der Waals surface area contributed by atoms with Crippen molar-refractivity contribution >= 4 is 17.4 Å². The molecule has 0 spiro atoms. The number of nitrogens with zero attached hydrogens (tertiary/aromatic N) is 1. The monoisotopic (exact) mass is 252 g/mol. The molecule has 0 saturated carbocycles. The van der Waals surface area contributed by atoms with E-state index in [1.165, 1.54) is 11.5 Å². The van der Waals surface area contributed by atoms with Gasteiger partial charge in [0.15, 0.2) is 0 Å². The lowest BCUT2D eigenvalue weighted by Crippen LogP contribution is -1.88. The van der Waals surface area contributed by atoms with Crippen LogP contribution in [0.1, 0.15) is 0 Å². The van der Waals surface area contributed by atoms with Crippen LogP contribution >= 0.6 is 11.5 Å². The van der Waals surface area contributed by atoms with Crippen LogP contribution in [0.5, 0.6) is 0 Å². The second-order valence-electron chi connectivity index (χ2n) is 4.00. The minimum absolute atomic E-state index is 0.602. The number of rotatable bonds is 2. The smallest absolute Gasteiger partial charge is 0.145 e. The third kappa shape index (κ3) is 1.89. The van der Waals surface area contributed by atoms with Gasteiger partial charge in [0, 0.05) is 5.56 Å². The van der Waals surface area contributed by atoms with Crippen molar-refractivity contribution in [3.8, 4) is 21.6 Å². The number of aromatic nitrogens is 1. The highest BCUT2D eigenvalue weighted by Crippen LogP contribution is 2.39. The molecule has 0 aliphatic rings. The van der Waals surface area contributed by atoms with Gasteiger partial charge in [-0.05, 0) is 22.7 Å². The Balaban J connectivity index is 2.19. The highest BCUT2D eigenvalue weighted by Gasteiger charge is 2.14. The van der Waals surface area contributed by atoms with Crippen molar-refractivity contribution in [1.29, 1.82) is 0 Å². The summed E-state index contributed by atoms with van der Waals surface area (Å²) >= 11 is 1.45. The standard InChI is InChI=1S/C15H12N2S/c16-15-13(11-7-3-1-4-8-11)14(18-17-15)12-9-5-2-6-10-12/h1-10H,(H2,16,17). The van der Waals surface area contributed by atoms with Crippen molar-refractivity contribution in [3.05, 3.63) is 60.7 Å². The molecule has 2 nitrogen and oxygen atoms in total. The average molecular weight is 252 g/mol. The molecule has 0 aliphatic heterocycles. The van der Waals surface area contributed by atoms with E-state index in [0.29, 0.717) is 5.82 Å². The predicted octanol–water partition coefficient (Wildman–Crippen LogP) is 4.06. The quantitative estimate of drug-likeness (QED) is 0.747. The van der Waals surface area contributed by atoms with Crippen LogP contribution in [0, 0.1) is 0 Å². The Bertz CT molecular complexity index is 645. The van der Waals surface area contributed by atoms with Crippen LogP contribution in [0.25, 0.3) is 21.6 Å². The van der Waals surface area contributed by atoms with Gasteiger partial charge in [-0.3, -0.25) is 0 Å². The molecule has 0 unspecified atom stereocenters. The Labute approximate surface area is 110 Å². The zero-order valence-corrected chi connectivity index (χ0v) is 10.5. The van der Waals surface area contributed by atoms with Gasteiger partial charge in [0.25, 0.3) is 0 Å². The number of benzene rings is 2. The Morgan fingerprint density at radius 3 is 1.94 bits per heavy atom. The SMILES string of the molecule is Nc1nsc(-c2ccccc2)c1-c1ccccc1. The van der Waals surface area contributed by atoms with Crippen LogP contribution in [0.15, 0.2) is 60.7 Å². The molecule has 18 heavy (non-hydrogen) atoms. The maximum absolute atomic E-state index is 6.01. The third-order valence-corrected chi connectivity index (χ3v) is 3.73. The fourth-order valence-electron chi connectivity index (χ4n) is 1.97. The van der Waals surface area contributed by atoms with Crippen LogP contribution in [0.4, 0.5) is 5.82 Å². The number of hydrogen-bond acceptors (Lipinski definition) is 3. The molecular formula is C15H12N2S. The predicted molar refractivity (Wildman–Crippen MR) is 77.4 cm³/mol. The summed E-state index contributed by atoms with van der Waals surface area (Å²) in [6.07, 6.45) is 0. The molecule has 0 fully saturated rings. The van der Waals surface area contributed by atoms with Crippen LogP contribution in [0.2, 0.25) is 0 Å². The van der Waals surface area contributed by atoms with Crippen molar-refractivity contribution in [2.75, 3.05) is 5.73 Å². The molecule has 0 saturated heterocycles. The highest BCUT2D eigenvalue weighted by atomic mass is 32.1. The molecule has 0 amide bonds. The summed E-state index contributed by atoms with van der Waals surface area (Å²) in [7, 11) is 0. The maximum Gasteiger partial charge on any atom is 0.145 e. The first-order valence-electron chi connectivity index (χ1n) is 5.72. The van der Waals surface area contributed by atoms with Crippen LogP contribution in [-0.4, -0.2) is 4.37 Å². The van der Waals surface area contributed by atoms with Gasteiger partial charge in [0.05, 0.1) is 4.88 Å². The van der Waals surface area contributed by atoms with E-state index < -0.39 is 0 Å². The molecule has 0 bridgehead atoms. The number of nitrogen functional groups attached to an aromatic ring is 1. The van der Waals surface area contributed by atoms with Crippen molar-refractivity contribution in [1.82, 2.24) is 4.37 Å². The lowest BCUT2D eigenvalue weighted by molar-refractivity contribution is 1.54. The first kappa shape index (κ1) is 11.0. The summed E-state index contributed by atoms with van der Waals surface area (Å²) in [5, 5.41) is 0. The van der Waals surface area contributed by atoms with Crippen LogP contribution < -0.4 is 5.73 Å². The summed E-state index contributed by atoms with van der Waals surface area (Å²) in [5.41, 5.74) is 9.32. The molecule has 3 heteroatoms. The van der Waals surface area contributed by atoms with Gasteiger partial charge >= 0.3 is 0 Å². The fraction of sp³-hybridized carbons (Fsp3) is 0. The van der Waals surface area contributed by atoms with Crippen LogP contribution in [-0.2, 0) is 0 Å². The summed E-state index contributed by atoms with van der Waals surface area (Å²) in [4.78, 5) is 1.12. The Hall–Kier alpha value is -2.13. The minimum Gasteiger partial charge on any atom is -0.382 e. The molecule has 0 radical (unpaired) electrons. The lowest BCUT2D eigenvalue weighted by atomic mass is 10.0. The zero-order chi connectivity index (χ0) is 12.4. The normalized spacial score (nSPS) is 10.4.